The van der Waals surface area contributed by atoms with Crippen molar-refractivity contribution in [2.24, 2.45) is 0 Å². The molecule has 0 saturated carbocycles. The highest BCUT2D eigenvalue weighted by Gasteiger charge is 2.21. The molecule has 8 nitrogen and oxygen atoms in total. The van der Waals surface area contributed by atoms with Crippen molar-refractivity contribution in [3.8, 4) is 0 Å². The van der Waals surface area contributed by atoms with Crippen LogP contribution in [0.2, 0.25) is 0 Å². The Morgan fingerprint density at radius 1 is 1.30 bits per heavy atom. The summed E-state index contributed by atoms with van der Waals surface area (Å²) in [5.41, 5.74) is 3.70. The standard InChI is InChI=1S/C19H25N5O3/c1-23(2)16(12-20-18(25)19(26)21-17-8-10-27-22-17)14-6-7-15-13(11-14)5-4-9-24(15)3/h6-8,10-11,16H,4-5,9,12H2,1-3H3,(H,20,25)(H,21,22,26)/t16-/m1/s1. The summed E-state index contributed by atoms with van der Waals surface area (Å²) in [5.74, 6) is -1.27. The number of hydrogen-bond acceptors (Lipinski definition) is 6. The largest absolute Gasteiger partial charge is 0.374 e. The van der Waals surface area contributed by atoms with E-state index in [9.17, 15) is 9.59 Å². The summed E-state index contributed by atoms with van der Waals surface area (Å²) in [7, 11) is 6.02. The summed E-state index contributed by atoms with van der Waals surface area (Å²) in [4.78, 5) is 28.3. The zero-order chi connectivity index (χ0) is 19.4. The molecule has 1 aliphatic rings. The summed E-state index contributed by atoms with van der Waals surface area (Å²) in [6.07, 6.45) is 3.52. The van der Waals surface area contributed by atoms with Crippen molar-refractivity contribution in [2.45, 2.75) is 18.9 Å². The summed E-state index contributed by atoms with van der Waals surface area (Å²) in [6, 6.07) is 7.87. The average Bonchev–Trinajstić information content (AvgIpc) is 3.14. The molecule has 0 fully saturated rings. The molecule has 0 saturated heterocycles. The van der Waals surface area contributed by atoms with Gasteiger partial charge in [0.15, 0.2) is 5.82 Å². The van der Waals surface area contributed by atoms with Gasteiger partial charge in [0.1, 0.15) is 6.26 Å². The molecular formula is C19H25N5O3. The molecule has 1 aromatic heterocycles. The van der Waals surface area contributed by atoms with Gasteiger partial charge in [0, 0.05) is 31.9 Å². The molecule has 0 aliphatic carbocycles. The first-order valence-electron chi connectivity index (χ1n) is 8.95. The third kappa shape index (κ3) is 4.46. The number of nitrogens with one attached hydrogen (secondary N) is 2. The van der Waals surface area contributed by atoms with Crippen LogP contribution in [-0.2, 0) is 16.0 Å². The minimum Gasteiger partial charge on any atom is -0.374 e. The van der Waals surface area contributed by atoms with Gasteiger partial charge in [0.2, 0.25) is 0 Å². The fourth-order valence-electron chi connectivity index (χ4n) is 3.33. The molecule has 144 valence electrons. The summed E-state index contributed by atoms with van der Waals surface area (Å²) in [5, 5.41) is 8.64. The van der Waals surface area contributed by atoms with Crippen LogP contribution in [0.15, 0.2) is 35.1 Å². The van der Waals surface area contributed by atoms with Gasteiger partial charge >= 0.3 is 11.8 Å². The van der Waals surface area contributed by atoms with Crippen LogP contribution < -0.4 is 15.5 Å². The molecular weight excluding hydrogens is 346 g/mol. The van der Waals surface area contributed by atoms with E-state index in [1.807, 2.05) is 19.0 Å². The van der Waals surface area contributed by atoms with Crippen LogP contribution in [0.1, 0.15) is 23.6 Å². The summed E-state index contributed by atoms with van der Waals surface area (Å²) in [6.45, 7) is 1.40. The Kier molecular flexibility index (Phi) is 5.75. The number of aromatic nitrogens is 1. The van der Waals surface area contributed by atoms with Crippen molar-refractivity contribution in [3.05, 3.63) is 41.7 Å². The van der Waals surface area contributed by atoms with Crippen LogP contribution in [0.3, 0.4) is 0 Å². The van der Waals surface area contributed by atoms with Crippen molar-refractivity contribution in [3.63, 3.8) is 0 Å². The SMILES string of the molecule is CN1CCCc2cc([C@@H](CNC(=O)C(=O)Nc3ccon3)N(C)C)ccc21. The predicted molar refractivity (Wildman–Crippen MR) is 103 cm³/mol. The van der Waals surface area contributed by atoms with Gasteiger partial charge in [-0.2, -0.15) is 0 Å². The van der Waals surface area contributed by atoms with Crippen molar-refractivity contribution in [2.75, 3.05) is 44.4 Å². The fraction of sp³-hybridized carbons (Fsp3) is 0.421. The molecule has 0 radical (unpaired) electrons. The number of benzene rings is 1. The lowest BCUT2D eigenvalue weighted by Crippen LogP contribution is -2.40. The fourth-order valence-corrected chi connectivity index (χ4v) is 3.33. The summed E-state index contributed by atoms with van der Waals surface area (Å²) < 4.78 is 4.63. The lowest BCUT2D eigenvalue weighted by Gasteiger charge is -2.30. The van der Waals surface area contributed by atoms with Gasteiger partial charge in [-0.1, -0.05) is 17.3 Å². The van der Waals surface area contributed by atoms with Gasteiger partial charge in [0.25, 0.3) is 0 Å². The molecule has 1 atom stereocenters. The number of anilines is 2. The number of amides is 2. The second kappa shape index (κ2) is 8.22. The van der Waals surface area contributed by atoms with E-state index in [0.717, 1.165) is 24.9 Å². The minimum absolute atomic E-state index is 0.0358. The molecule has 2 heterocycles. The van der Waals surface area contributed by atoms with Crippen LogP contribution in [-0.4, -0.2) is 56.1 Å². The lowest BCUT2D eigenvalue weighted by molar-refractivity contribution is -0.136. The number of carbonyl (C=O) groups is 2. The highest BCUT2D eigenvalue weighted by atomic mass is 16.5. The van der Waals surface area contributed by atoms with Gasteiger partial charge < -0.3 is 19.6 Å². The van der Waals surface area contributed by atoms with Crippen molar-refractivity contribution >= 4 is 23.3 Å². The Hall–Kier alpha value is -2.87. The maximum Gasteiger partial charge on any atom is 0.314 e. The number of carbonyl (C=O) groups excluding carboxylic acids is 2. The molecule has 0 bridgehead atoms. The van der Waals surface area contributed by atoms with E-state index in [1.54, 1.807) is 0 Å². The third-order valence-electron chi connectivity index (χ3n) is 4.80. The van der Waals surface area contributed by atoms with Crippen molar-refractivity contribution in [1.29, 1.82) is 0 Å². The highest BCUT2D eigenvalue weighted by molar-refractivity contribution is 6.39. The number of nitrogens with zero attached hydrogens (tertiary/aromatic N) is 3. The second-order valence-corrected chi connectivity index (χ2v) is 6.94. The Morgan fingerprint density at radius 2 is 2.11 bits per heavy atom. The second-order valence-electron chi connectivity index (χ2n) is 6.94. The van der Waals surface area contributed by atoms with E-state index in [-0.39, 0.29) is 11.9 Å². The number of hydrogen-bond donors (Lipinski definition) is 2. The van der Waals surface area contributed by atoms with Crippen LogP contribution >= 0.6 is 0 Å². The van der Waals surface area contributed by atoms with Crippen molar-refractivity contribution < 1.29 is 14.1 Å². The van der Waals surface area contributed by atoms with Gasteiger partial charge in [0.05, 0.1) is 6.04 Å². The predicted octanol–water partition coefficient (Wildman–Crippen LogP) is 1.41. The molecule has 0 spiro atoms. The Morgan fingerprint density at radius 3 is 2.81 bits per heavy atom. The summed E-state index contributed by atoms with van der Waals surface area (Å²) >= 11 is 0. The first-order valence-corrected chi connectivity index (χ1v) is 8.95. The number of aryl methyl sites for hydroxylation is 1. The monoisotopic (exact) mass is 371 g/mol. The smallest absolute Gasteiger partial charge is 0.314 e. The molecule has 2 N–H and O–H groups in total. The number of likely N-dealkylation sites (N-methyl/N-ethyl adjacent to an activating group) is 1. The van der Waals surface area contributed by atoms with Crippen molar-refractivity contribution in [1.82, 2.24) is 15.4 Å². The number of fused-ring (bicyclic) bond motifs is 1. The molecule has 1 aliphatic heterocycles. The van der Waals surface area contributed by atoms with Gasteiger partial charge in [-0.15, -0.1) is 0 Å². The van der Waals surface area contributed by atoms with Crippen LogP contribution in [0, 0.1) is 0 Å². The third-order valence-corrected chi connectivity index (χ3v) is 4.80. The van der Waals surface area contributed by atoms with E-state index in [2.05, 4.69) is 50.5 Å². The lowest BCUT2D eigenvalue weighted by atomic mass is 9.96. The Balaban J connectivity index is 1.66. The van der Waals surface area contributed by atoms with E-state index in [4.69, 9.17) is 0 Å². The molecule has 27 heavy (non-hydrogen) atoms. The van der Waals surface area contributed by atoms with Gasteiger partial charge in [-0.25, -0.2) is 0 Å². The number of rotatable bonds is 5. The minimum atomic E-state index is -0.770. The van der Waals surface area contributed by atoms with Crippen LogP contribution in [0.4, 0.5) is 11.5 Å². The molecule has 1 aromatic carbocycles. The zero-order valence-electron chi connectivity index (χ0n) is 15.9. The first kappa shape index (κ1) is 18.9. The zero-order valence-corrected chi connectivity index (χ0v) is 15.9. The molecule has 3 rings (SSSR count). The molecule has 2 amide bonds. The van der Waals surface area contributed by atoms with Gasteiger partial charge in [-0.05, 0) is 44.1 Å². The average molecular weight is 371 g/mol. The maximum atomic E-state index is 12.1. The first-order chi connectivity index (χ1) is 13.0. The molecule has 8 heteroatoms. The van der Waals surface area contributed by atoms with E-state index >= 15 is 0 Å². The normalized spacial score (nSPS) is 14.6. The molecule has 2 aromatic rings. The quantitative estimate of drug-likeness (QED) is 0.773. The van der Waals surface area contributed by atoms with E-state index < -0.39 is 11.8 Å². The Labute approximate surface area is 158 Å². The van der Waals surface area contributed by atoms with E-state index in [0.29, 0.717) is 6.54 Å². The van der Waals surface area contributed by atoms with E-state index in [1.165, 1.54) is 23.6 Å². The highest BCUT2D eigenvalue weighted by Crippen LogP contribution is 2.29. The van der Waals surface area contributed by atoms with Gasteiger partial charge in [-0.3, -0.25) is 14.9 Å². The van der Waals surface area contributed by atoms with Crippen LogP contribution in [0.25, 0.3) is 0 Å². The van der Waals surface area contributed by atoms with Crippen LogP contribution in [0.5, 0.6) is 0 Å². The Bertz CT molecular complexity index is 804. The maximum absolute atomic E-state index is 12.1. The molecule has 0 unspecified atom stereocenters. The topological polar surface area (TPSA) is 90.7 Å².